The van der Waals surface area contributed by atoms with Crippen LogP contribution in [0.15, 0.2) is 4.52 Å². The Morgan fingerprint density at radius 1 is 1.39 bits per heavy atom. The molecule has 0 aliphatic rings. The maximum atomic E-state index is 11.1. The average Bonchev–Trinajstić information content (AvgIpc) is 2.77. The molecular formula is C11H19N3O4. The summed E-state index contributed by atoms with van der Waals surface area (Å²) in [6.45, 7) is 4.10. The van der Waals surface area contributed by atoms with E-state index in [-0.39, 0.29) is 5.97 Å². The van der Waals surface area contributed by atoms with Crippen molar-refractivity contribution < 1.29 is 18.8 Å². The van der Waals surface area contributed by atoms with Crippen molar-refractivity contribution in [3.63, 3.8) is 0 Å². The molecule has 18 heavy (non-hydrogen) atoms. The van der Waals surface area contributed by atoms with E-state index < -0.39 is 0 Å². The third kappa shape index (κ3) is 5.24. The summed E-state index contributed by atoms with van der Waals surface area (Å²) in [5.74, 6) is 0.900. The molecule has 0 bridgehead atoms. The fraction of sp³-hybridized carbons (Fsp3) is 0.727. The molecule has 0 unspecified atom stereocenters. The van der Waals surface area contributed by atoms with Crippen LogP contribution in [0.3, 0.4) is 0 Å². The number of methoxy groups -OCH3 is 2. The molecule has 0 N–H and O–H groups in total. The summed E-state index contributed by atoms with van der Waals surface area (Å²) in [6, 6.07) is 0. The smallest absolute Gasteiger partial charge is 0.306 e. The van der Waals surface area contributed by atoms with Gasteiger partial charge in [-0.15, -0.1) is 0 Å². The minimum absolute atomic E-state index is 0.237. The number of esters is 1. The molecule has 0 radical (unpaired) electrons. The molecule has 0 aliphatic carbocycles. The standard InChI is InChI=1S/C11H19N3O4/c1-9-12-10(18-13-9)8-14(6-7-16-2)5-4-11(15)17-3/h4-8H2,1-3H3. The van der Waals surface area contributed by atoms with Crippen molar-refractivity contribution in [3.05, 3.63) is 11.7 Å². The fourth-order valence-electron chi connectivity index (χ4n) is 1.44. The van der Waals surface area contributed by atoms with E-state index in [9.17, 15) is 4.79 Å². The maximum absolute atomic E-state index is 11.1. The Morgan fingerprint density at radius 3 is 2.72 bits per heavy atom. The first kappa shape index (κ1) is 14.6. The van der Waals surface area contributed by atoms with Gasteiger partial charge in [0.25, 0.3) is 0 Å². The lowest BCUT2D eigenvalue weighted by atomic mass is 10.3. The normalized spacial score (nSPS) is 10.9. The molecule has 1 heterocycles. The van der Waals surface area contributed by atoms with Crippen molar-refractivity contribution in [3.8, 4) is 0 Å². The van der Waals surface area contributed by atoms with Crippen LogP contribution in [-0.2, 0) is 20.8 Å². The Balaban J connectivity index is 2.46. The van der Waals surface area contributed by atoms with Crippen molar-refractivity contribution in [1.82, 2.24) is 15.0 Å². The minimum Gasteiger partial charge on any atom is -0.469 e. The van der Waals surface area contributed by atoms with Crippen molar-refractivity contribution in [1.29, 1.82) is 0 Å². The number of aryl methyl sites for hydroxylation is 1. The van der Waals surface area contributed by atoms with Crippen molar-refractivity contribution in [2.45, 2.75) is 19.9 Å². The zero-order valence-corrected chi connectivity index (χ0v) is 11.0. The highest BCUT2D eigenvalue weighted by Gasteiger charge is 2.12. The van der Waals surface area contributed by atoms with Crippen LogP contribution in [0.2, 0.25) is 0 Å². The number of rotatable bonds is 8. The zero-order valence-electron chi connectivity index (χ0n) is 11.0. The van der Waals surface area contributed by atoms with Gasteiger partial charge in [0.1, 0.15) is 0 Å². The van der Waals surface area contributed by atoms with Gasteiger partial charge in [0.2, 0.25) is 5.89 Å². The summed E-state index contributed by atoms with van der Waals surface area (Å²) in [7, 11) is 3.01. The van der Waals surface area contributed by atoms with E-state index in [0.717, 1.165) is 0 Å². The first-order valence-electron chi connectivity index (χ1n) is 5.73. The van der Waals surface area contributed by atoms with Crippen LogP contribution < -0.4 is 0 Å². The summed E-state index contributed by atoms with van der Waals surface area (Å²) in [4.78, 5) is 17.3. The van der Waals surface area contributed by atoms with Gasteiger partial charge in [0, 0.05) is 20.2 Å². The number of nitrogens with zero attached hydrogens (tertiary/aromatic N) is 3. The molecule has 102 valence electrons. The van der Waals surface area contributed by atoms with Gasteiger partial charge in [0.15, 0.2) is 5.82 Å². The third-order valence-corrected chi connectivity index (χ3v) is 2.40. The highest BCUT2D eigenvalue weighted by atomic mass is 16.5. The van der Waals surface area contributed by atoms with Crippen LogP contribution >= 0.6 is 0 Å². The van der Waals surface area contributed by atoms with Gasteiger partial charge in [0.05, 0.1) is 26.7 Å². The second-order valence-electron chi connectivity index (χ2n) is 3.83. The third-order valence-electron chi connectivity index (χ3n) is 2.40. The van der Waals surface area contributed by atoms with Crippen LogP contribution in [0, 0.1) is 6.92 Å². The SMILES string of the molecule is COCCN(CCC(=O)OC)Cc1nc(C)no1. The Labute approximate surface area is 106 Å². The van der Waals surface area contributed by atoms with Crippen LogP contribution in [0.1, 0.15) is 18.1 Å². The maximum Gasteiger partial charge on any atom is 0.306 e. The summed E-state index contributed by atoms with van der Waals surface area (Å²) in [6.07, 6.45) is 0.327. The number of ether oxygens (including phenoxy) is 2. The molecule has 0 aliphatic heterocycles. The lowest BCUT2D eigenvalue weighted by Crippen LogP contribution is -2.29. The molecule has 1 aromatic heterocycles. The lowest BCUT2D eigenvalue weighted by molar-refractivity contribution is -0.141. The van der Waals surface area contributed by atoms with Crippen LogP contribution in [0.25, 0.3) is 0 Å². The molecular weight excluding hydrogens is 238 g/mol. The van der Waals surface area contributed by atoms with E-state index in [1.54, 1.807) is 14.0 Å². The summed E-state index contributed by atoms with van der Waals surface area (Å²) < 4.78 is 14.7. The van der Waals surface area contributed by atoms with E-state index in [2.05, 4.69) is 14.9 Å². The minimum atomic E-state index is -0.237. The molecule has 0 aromatic carbocycles. The molecule has 7 heteroatoms. The lowest BCUT2D eigenvalue weighted by Gasteiger charge is -2.19. The van der Waals surface area contributed by atoms with E-state index in [1.807, 2.05) is 4.90 Å². The average molecular weight is 257 g/mol. The number of aromatic nitrogens is 2. The number of carbonyl (C=O) groups excluding carboxylic acids is 1. The van der Waals surface area contributed by atoms with E-state index in [1.165, 1.54) is 7.11 Å². The van der Waals surface area contributed by atoms with Gasteiger partial charge < -0.3 is 14.0 Å². The van der Waals surface area contributed by atoms with Gasteiger partial charge in [-0.25, -0.2) is 0 Å². The van der Waals surface area contributed by atoms with Crippen molar-refractivity contribution in [2.75, 3.05) is 33.9 Å². The van der Waals surface area contributed by atoms with E-state index in [4.69, 9.17) is 9.26 Å². The van der Waals surface area contributed by atoms with Gasteiger partial charge in [-0.3, -0.25) is 9.69 Å². The predicted molar refractivity (Wildman–Crippen MR) is 62.8 cm³/mol. The van der Waals surface area contributed by atoms with Gasteiger partial charge in [-0.05, 0) is 6.92 Å². The first-order chi connectivity index (χ1) is 8.65. The van der Waals surface area contributed by atoms with Gasteiger partial charge in [-0.1, -0.05) is 5.16 Å². The molecule has 0 spiro atoms. The summed E-state index contributed by atoms with van der Waals surface area (Å²) >= 11 is 0. The number of hydrogen-bond acceptors (Lipinski definition) is 7. The molecule has 1 aromatic rings. The van der Waals surface area contributed by atoms with E-state index >= 15 is 0 Å². The second-order valence-corrected chi connectivity index (χ2v) is 3.83. The molecule has 1 rings (SSSR count). The Morgan fingerprint density at radius 2 is 2.17 bits per heavy atom. The van der Waals surface area contributed by atoms with Crippen LogP contribution in [0.5, 0.6) is 0 Å². The highest BCUT2D eigenvalue weighted by Crippen LogP contribution is 2.03. The molecule has 0 saturated heterocycles. The summed E-state index contributed by atoms with van der Waals surface area (Å²) in [5, 5.41) is 3.73. The largest absolute Gasteiger partial charge is 0.469 e. The van der Waals surface area contributed by atoms with Crippen molar-refractivity contribution in [2.24, 2.45) is 0 Å². The Bertz CT molecular complexity index is 367. The van der Waals surface area contributed by atoms with Crippen molar-refractivity contribution >= 4 is 5.97 Å². The van der Waals surface area contributed by atoms with Crippen LogP contribution in [0.4, 0.5) is 0 Å². The summed E-state index contributed by atoms with van der Waals surface area (Å²) in [5.41, 5.74) is 0. The fourth-order valence-corrected chi connectivity index (χ4v) is 1.44. The molecule has 7 nitrogen and oxygen atoms in total. The predicted octanol–water partition coefficient (Wildman–Crippen LogP) is 0.390. The second kappa shape index (κ2) is 7.78. The topological polar surface area (TPSA) is 77.7 Å². The van der Waals surface area contributed by atoms with Gasteiger partial charge in [-0.2, -0.15) is 4.98 Å². The quantitative estimate of drug-likeness (QED) is 0.623. The molecule has 0 atom stereocenters. The Hall–Kier alpha value is -1.47. The zero-order chi connectivity index (χ0) is 13.4. The molecule has 0 fully saturated rings. The number of carbonyl (C=O) groups is 1. The van der Waals surface area contributed by atoms with Crippen LogP contribution in [-0.4, -0.2) is 54.9 Å². The monoisotopic (exact) mass is 257 g/mol. The molecule has 0 saturated carbocycles. The highest BCUT2D eigenvalue weighted by molar-refractivity contribution is 5.69. The molecule has 0 amide bonds. The van der Waals surface area contributed by atoms with E-state index in [0.29, 0.717) is 44.4 Å². The Kier molecular flexibility index (Phi) is 6.31. The first-order valence-corrected chi connectivity index (χ1v) is 5.73. The van der Waals surface area contributed by atoms with Gasteiger partial charge >= 0.3 is 5.97 Å². The number of hydrogen-bond donors (Lipinski definition) is 0.